The third-order valence-electron chi connectivity index (χ3n) is 9.05. The second-order valence-corrected chi connectivity index (χ2v) is 10.8. The van der Waals surface area contributed by atoms with Crippen molar-refractivity contribution >= 4 is 18.3 Å². The van der Waals surface area contributed by atoms with Crippen molar-refractivity contribution in [3.8, 4) is 11.5 Å². The number of carbonyl (C=O) groups excluding carboxylic acids is 1. The fraction of sp³-hybridized carbons (Fsp3) is 0.577. The van der Waals surface area contributed by atoms with Crippen LogP contribution in [0.4, 0.5) is 0 Å². The van der Waals surface area contributed by atoms with E-state index in [0.717, 1.165) is 43.0 Å². The van der Waals surface area contributed by atoms with E-state index >= 15 is 0 Å². The van der Waals surface area contributed by atoms with Crippen molar-refractivity contribution in [3.05, 3.63) is 47.4 Å². The van der Waals surface area contributed by atoms with Crippen LogP contribution in [-0.2, 0) is 23.1 Å². The van der Waals surface area contributed by atoms with Crippen LogP contribution in [0.3, 0.4) is 0 Å². The molecule has 1 aromatic carbocycles. The number of nitrogens with zero attached hydrogens (tertiary/aromatic N) is 1. The molecular formula is C26H31ClN2O5. The Morgan fingerprint density at radius 3 is 2.82 bits per heavy atom. The van der Waals surface area contributed by atoms with Gasteiger partial charge in [0, 0.05) is 18.2 Å². The van der Waals surface area contributed by atoms with Crippen LogP contribution in [0, 0.1) is 5.92 Å². The fourth-order valence-electron chi connectivity index (χ4n) is 7.47. The Labute approximate surface area is 204 Å². The second kappa shape index (κ2) is 7.64. The molecule has 1 saturated heterocycles. The summed E-state index contributed by atoms with van der Waals surface area (Å²) in [5, 5.41) is 26.3. The summed E-state index contributed by atoms with van der Waals surface area (Å²) in [6.45, 7) is 1.97. The molecule has 2 aromatic rings. The third kappa shape index (κ3) is 2.93. The average Bonchev–Trinajstić information content (AvgIpc) is 3.31. The van der Waals surface area contributed by atoms with Crippen molar-refractivity contribution in [1.82, 2.24) is 10.2 Å². The quantitative estimate of drug-likeness (QED) is 0.601. The fourth-order valence-corrected chi connectivity index (χ4v) is 7.47. The molecule has 3 fully saturated rings. The Bertz CT molecular complexity index is 1120. The van der Waals surface area contributed by atoms with Crippen LogP contribution in [0.2, 0.25) is 0 Å². The molecule has 2 bridgehead atoms. The number of rotatable bonds is 5. The Balaban J connectivity index is 0.00000217. The van der Waals surface area contributed by atoms with Gasteiger partial charge in [-0.3, -0.25) is 9.69 Å². The van der Waals surface area contributed by atoms with Gasteiger partial charge in [0.2, 0.25) is 5.91 Å². The average molecular weight is 487 g/mol. The number of halogens is 1. The Kier molecular flexibility index (Phi) is 5.00. The van der Waals surface area contributed by atoms with Crippen molar-refractivity contribution in [1.29, 1.82) is 0 Å². The molecule has 3 N–H and O–H groups in total. The van der Waals surface area contributed by atoms with E-state index in [-0.39, 0.29) is 42.6 Å². The molecule has 5 aliphatic rings. The van der Waals surface area contributed by atoms with Crippen LogP contribution in [0.1, 0.15) is 48.8 Å². The summed E-state index contributed by atoms with van der Waals surface area (Å²) in [4.78, 5) is 15.4. The van der Waals surface area contributed by atoms with Crippen molar-refractivity contribution in [2.75, 3.05) is 13.1 Å². The minimum atomic E-state index is -0.928. The van der Waals surface area contributed by atoms with Crippen molar-refractivity contribution in [3.63, 3.8) is 0 Å². The SMILES string of the molecule is Cl.O=C(Cc1ccoc1)N[C@@H]1CC[C@@]2(O)[C@H]3Cc4ccc(O)c5c4[C@@]2(CCN3CC2CC2)[C@H]1O5. The second-order valence-electron chi connectivity index (χ2n) is 10.8. The zero-order valence-electron chi connectivity index (χ0n) is 19.0. The largest absolute Gasteiger partial charge is 0.504 e. The van der Waals surface area contributed by atoms with E-state index in [2.05, 4.69) is 10.2 Å². The maximum atomic E-state index is 12.9. The number of likely N-dealkylation sites (tertiary alicyclic amines) is 1. The normalized spacial score (nSPS) is 35.1. The lowest BCUT2D eigenvalue weighted by Crippen LogP contribution is -2.78. The minimum Gasteiger partial charge on any atom is -0.504 e. The van der Waals surface area contributed by atoms with Gasteiger partial charge < -0.3 is 24.7 Å². The summed E-state index contributed by atoms with van der Waals surface area (Å²) in [5.74, 6) is 1.32. The Hall–Kier alpha value is -2.22. The number of aliphatic hydroxyl groups is 1. The monoisotopic (exact) mass is 486 g/mol. The maximum Gasteiger partial charge on any atom is 0.224 e. The molecule has 34 heavy (non-hydrogen) atoms. The van der Waals surface area contributed by atoms with E-state index in [1.165, 1.54) is 18.4 Å². The number of amides is 1. The molecule has 0 radical (unpaired) electrons. The molecule has 1 amide bonds. The van der Waals surface area contributed by atoms with Crippen LogP contribution >= 0.6 is 12.4 Å². The van der Waals surface area contributed by atoms with Gasteiger partial charge in [-0.15, -0.1) is 12.4 Å². The highest BCUT2D eigenvalue weighted by Crippen LogP contribution is 2.65. The number of hydrogen-bond acceptors (Lipinski definition) is 6. The highest BCUT2D eigenvalue weighted by atomic mass is 35.5. The number of benzene rings is 1. The van der Waals surface area contributed by atoms with E-state index in [1.54, 1.807) is 24.7 Å². The first-order valence-corrected chi connectivity index (χ1v) is 12.3. The minimum absolute atomic E-state index is 0. The van der Waals surface area contributed by atoms with Gasteiger partial charge in [0.05, 0.1) is 36.0 Å². The van der Waals surface area contributed by atoms with Gasteiger partial charge in [-0.05, 0) is 74.2 Å². The van der Waals surface area contributed by atoms with Crippen molar-refractivity contribution in [2.45, 2.75) is 74.1 Å². The van der Waals surface area contributed by atoms with E-state index < -0.39 is 17.1 Å². The summed E-state index contributed by atoms with van der Waals surface area (Å²) in [5.41, 5.74) is 1.46. The van der Waals surface area contributed by atoms with Gasteiger partial charge in [0.25, 0.3) is 0 Å². The van der Waals surface area contributed by atoms with E-state index in [0.29, 0.717) is 18.6 Å². The molecule has 7 nitrogen and oxygen atoms in total. The van der Waals surface area contributed by atoms with Gasteiger partial charge in [0.15, 0.2) is 11.5 Å². The zero-order valence-corrected chi connectivity index (χ0v) is 19.9. The van der Waals surface area contributed by atoms with Gasteiger partial charge in [-0.25, -0.2) is 0 Å². The highest BCUT2D eigenvalue weighted by molar-refractivity contribution is 5.85. The van der Waals surface area contributed by atoms with Crippen LogP contribution in [-0.4, -0.2) is 57.9 Å². The first-order chi connectivity index (χ1) is 16.0. The standard InChI is InChI=1S/C26H30N2O5.ClH/c29-19-4-3-17-12-20-26(31)7-5-18(27-21(30)11-16-6-10-32-14-16)24-25(26,22(17)23(19)33-24)8-9-28(20)13-15-1-2-15;/h3-4,6,10,14-15,18,20,24,29,31H,1-2,5,7-9,11-13H2,(H,27,30);1H/t18-,20-,24+,25+,26-;/m1./s1. The third-order valence-corrected chi connectivity index (χ3v) is 9.05. The maximum absolute atomic E-state index is 12.9. The Morgan fingerprint density at radius 1 is 1.21 bits per heavy atom. The lowest BCUT2D eigenvalue weighted by Gasteiger charge is -2.64. The van der Waals surface area contributed by atoms with Crippen molar-refractivity contribution in [2.24, 2.45) is 5.92 Å². The van der Waals surface area contributed by atoms with Crippen LogP contribution in [0.5, 0.6) is 11.5 Å². The summed E-state index contributed by atoms with van der Waals surface area (Å²) in [7, 11) is 0. The van der Waals surface area contributed by atoms with Gasteiger partial charge >= 0.3 is 0 Å². The smallest absolute Gasteiger partial charge is 0.224 e. The van der Waals surface area contributed by atoms with Crippen LogP contribution in [0.25, 0.3) is 0 Å². The van der Waals surface area contributed by atoms with Crippen LogP contribution < -0.4 is 10.1 Å². The number of phenolic OH excluding ortho intramolecular Hbond substituents is 1. The predicted molar refractivity (Wildman–Crippen MR) is 126 cm³/mol. The van der Waals surface area contributed by atoms with E-state index in [1.807, 2.05) is 6.07 Å². The number of nitrogens with one attached hydrogen (secondary N) is 1. The molecule has 7 rings (SSSR count). The number of phenols is 1. The Morgan fingerprint density at radius 2 is 2.06 bits per heavy atom. The summed E-state index contributed by atoms with van der Waals surface area (Å²) in [6, 6.07) is 5.35. The van der Waals surface area contributed by atoms with Gasteiger partial charge in [0.1, 0.15) is 6.10 Å². The number of hydrogen-bond donors (Lipinski definition) is 3. The summed E-state index contributed by atoms with van der Waals surface area (Å²) in [6.07, 6.45) is 8.41. The number of furan rings is 1. The molecule has 3 heterocycles. The lowest BCUT2D eigenvalue weighted by atomic mass is 9.48. The molecule has 5 atom stereocenters. The van der Waals surface area contributed by atoms with E-state index in [4.69, 9.17) is 9.15 Å². The molecule has 3 aliphatic carbocycles. The zero-order chi connectivity index (χ0) is 22.4. The molecule has 2 saturated carbocycles. The first kappa shape index (κ1) is 22.3. The number of aromatic hydroxyl groups is 1. The van der Waals surface area contributed by atoms with E-state index in [9.17, 15) is 15.0 Å². The molecule has 2 aliphatic heterocycles. The first-order valence-electron chi connectivity index (χ1n) is 12.3. The summed E-state index contributed by atoms with van der Waals surface area (Å²) < 4.78 is 11.6. The van der Waals surface area contributed by atoms with Gasteiger partial charge in [-0.1, -0.05) is 6.07 Å². The number of carbonyl (C=O) groups is 1. The molecule has 8 heteroatoms. The highest BCUT2D eigenvalue weighted by Gasteiger charge is 2.73. The van der Waals surface area contributed by atoms with Crippen molar-refractivity contribution < 1.29 is 24.2 Å². The number of piperidine rings is 1. The molecule has 182 valence electrons. The molecular weight excluding hydrogens is 456 g/mol. The van der Waals surface area contributed by atoms with Crippen LogP contribution in [0.15, 0.2) is 35.1 Å². The lowest BCUT2D eigenvalue weighted by molar-refractivity contribution is -0.192. The number of ether oxygens (including phenoxy) is 1. The molecule has 1 spiro atoms. The van der Waals surface area contributed by atoms with Gasteiger partial charge in [-0.2, -0.15) is 0 Å². The molecule has 1 aromatic heterocycles. The summed E-state index contributed by atoms with van der Waals surface area (Å²) >= 11 is 0. The predicted octanol–water partition coefficient (Wildman–Crippen LogP) is 2.70. The topological polar surface area (TPSA) is 95.2 Å². The molecule has 0 unspecified atom stereocenters.